The van der Waals surface area contributed by atoms with E-state index in [1.54, 1.807) is 20.3 Å². The van der Waals surface area contributed by atoms with Crippen molar-refractivity contribution in [3.05, 3.63) is 107 Å². The lowest BCUT2D eigenvalue weighted by atomic mass is 9.40. The first-order chi connectivity index (χ1) is 18.4. The largest absolute Gasteiger partial charge is 0.496 e. The van der Waals surface area contributed by atoms with Gasteiger partial charge in [0.25, 0.3) is 0 Å². The minimum absolute atomic E-state index is 0.0825. The number of ether oxygens (including phenoxy) is 2. The van der Waals surface area contributed by atoms with Crippen LogP contribution in [0.15, 0.2) is 78.9 Å². The van der Waals surface area contributed by atoms with Crippen molar-refractivity contribution in [3.8, 4) is 5.75 Å². The molecule has 5 heteroatoms. The fourth-order valence-corrected chi connectivity index (χ4v) is 7.72. The highest BCUT2D eigenvalue weighted by atomic mass is 16.5. The second kappa shape index (κ2) is 9.04. The first-order valence-electron chi connectivity index (χ1n) is 13.2. The van der Waals surface area contributed by atoms with Gasteiger partial charge in [0.05, 0.1) is 18.6 Å². The number of benzene rings is 3. The number of Topliss-reactive ketones (excluding diaryl/α,β-unsaturated/α-hetero) is 1. The SMILES string of the molecule is COc1ccccc1/C=C/C(=O)[C@@]1(O)CCC(=O)[C@H]2[C@@H]1C1c3ccccc3C2([C@H](C)OC)c2ccccc21. The molecule has 4 aliphatic rings. The predicted octanol–water partition coefficient (Wildman–Crippen LogP) is 5.08. The number of para-hydroxylation sites is 1. The fraction of sp³-hybridized carbons (Fsp3) is 0.333. The Morgan fingerprint density at radius 1 is 0.974 bits per heavy atom. The van der Waals surface area contributed by atoms with Crippen LogP contribution in [0.2, 0.25) is 0 Å². The molecule has 7 rings (SSSR count). The third kappa shape index (κ3) is 3.18. The maximum Gasteiger partial charge on any atom is 0.187 e. The molecule has 3 aromatic rings. The first-order valence-corrected chi connectivity index (χ1v) is 13.2. The van der Waals surface area contributed by atoms with E-state index in [0.717, 1.165) is 27.8 Å². The van der Waals surface area contributed by atoms with Crippen LogP contribution in [0.5, 0.6) is 5.75 Å². The van der Waals surface area contributed by atoms with Crippen LogP contribution < -0.4 is 4.74 Å². The van der Waals surface area contributed by atoms with Crippen LogP contribution in [0.3, 0.4) is 0 Å². The molecule has 1 saturated carbocycles. The van der Waals surface area contributed by atoms with Crippen molar-refractivity contribution in [1.29, 1.82) is 0 Å². The number of aliphatic hydroxyl groups is 1. The summed E-state index contributed by atoms with van der Waals surface area (Å²) in [5, 5.41) is 12.4. The van der Waals surface area contributed by atoms with Gasteiger partial charge in [-0.15, -0.1) is 0 Å². The van der Waals surface area contributed by atoms with Gasteiger partial charge in [0.15, 0.2) is 5.78 Å². The van der Waals surface area contributed by atoms with Crippen LogP contribution in [0.4, 0.5) is 0 Å². The number of hydrogen-bond donors (Lipinski definition) is 1. The molecule has 0 radical (unpaired) electrons. The average molecular weight is 509 g/mol. The summed E-state index contributed by atoms with van der Waals surface area (Å²) < 4.78 is 11.5. The normalized spacial score (nSPS) is 29.9. The summed E-state index contributed by atoms with van der Waals surface area (Å²) in [6.07, 6.45) is 3.03. The Morgan fingerprint density at radius 3 is 2.21 bits per heavy atom. The van der Waals surface area contributed by atoms with Gasteiger partial charge in [-0.25, -0.2) is 0 Å². The highest BCUT2D eigenvalue weighted by Gasteiger charge is 2.69. The third-order valence-electron chi connectivity index (χ3n) is 9.32. The van der Waals surface area contributed by atoms with Crippen molar-refractivity contribution in [1.82, 2.24) is 0 Å². The molecule has 5 nitrogen and oxygen atoms in total. The molecule has 0 aliphatic heterocycles. The Morgan fingerprint density at radius 2 is 1.58 bits per heavy atom. The summed E-state index contributed by atoms with van der Waals surface area (Å²) in [5.41, 5.74) is 2.49. The Hall–Kier alpha value is -3.54. The van der Waals surface area contributed by atoms with Crippen molar-refractivity contribution in [3.63, 3.8) is 0 Å². The topological polar surface area (TPSA) is 72.8 Å². The Labute approximate surface area is 223 Å². The van der Waals surface area contributed by atoms with E-state index < -0.39 is 22.9 Å². The zero-order chi connectivity index (χ0) is 26.7. The van der Waals surface area contributed by atoms with E-state index in [1.807, 2.05) is 55.5 Å². The number of rotatable bonds is 6. The number of carbonyl (C=O) groups is 2. The lowest BCUT2D eigenvalue weighted by molar-refractivity contribution is -0.165. The molecule has 0 spiro atoms. The lowest BCUT2D eigenvalue weighted by Crippen LogP contribution is -2.68. The van der Waals surface area contributed by atoms with Crippen LogP contribution in [-0.2, 0) is 19.7 Å². The van der Waals surface area contributed by atoms with Gasteiger partial charge < -0.3 is 14.6 Å². The van der Waals surface area contributed by atoms with E-state index in [-0.39, 0.29) is 36.4 Å². The molecule has 0 aromatic heterocycles. The molecular weight excluding hydrogens is 476 g/mol. The van der Waals surface area contributed by atoms with Gasteiger partial charge in [-0.1, -0.05) is 66.7 Å². The van der Waals surface area contributed by atoms with Crippen LogP contribution in [-0.4, -0.2) is 42.6 Å². The third-order valence-corrected chi connectivity index (χ3v) is 9.32. The molecule has 0 saturated heterocycles. The Bertz CT molecular complexity index is 1410. The highest BCUT2D eigenvalue weighted by Crippen LogP contribution is 2.67. The summed E-state index contributed by atoms with van der Waals surface area (Å²) >= 11 is 0. The van der Waals surface area contributed by atoms with Crippen molar-refractivity contribution < 1.29 is 24.2 Å². The molecule has 1 N–H and O–H groups in total. The second-order valence-corrected chi connectivity index (χ2v) is 10.7. The van der Waals surface area contributed by atoms with Gasteiger partial charge >= 0.3 is 0 Å². The monoisotopic (exact) mass is 508 g/mol. The molecule has 4 aliphatic carbocycles. The second-order valence-electron chi connectivity index (χ2n) is 10.7. The molecule has 4 atom stereocenters. The number of hydrogen-bond acceptors (Lipinski definition) is 5. The maximum atomic E-state index is 14.0. The average Bonchev–Trinajstić information content (AvgIpc) is 2.97. The predicted molar refractivity (Wildman–Crippen MR) is 145 cm³/mol. The molecular formula is C33H32O5. The van der Waals surface area contributed by atoms with Crippen LogP contribution in [0.25, 0.3) is 6.08 Å². The van der Waals surface area contributed by atoms with Crippen LogP contribution >= 0.6 is 0 Å². The molecule has 2 bridgehead atoms. The van der Waals surface area contributed by atoms with E-state index in [4.69, 9.17) is 9.47 Å². The van der Waals surface area contributed by atoms with Crippen molar-refractivity contribution in [2.24, 2.45) is 11.8 Å². The lowest BCUT2D eigenvalue weighted by Gasteiger charge is -2.63. The smallest absolute Gasteiger partial charge is 0.187 e. The van der Waals surface area contributed by atoms with E-state index >= 15 is 0 Å². The van der Waals surface area contributed by atoms with Gasteiger partial charge in [0, 0.05) is 36.8 Å². The van der Waals surface area contributed by atoms with Crippen LogP contribution in [0, 0.1) is 11.8 Å². The zero-order valence-corrected chi connectivity index (χ0v) is 21.9. The van der Waals surface area contributed by atoms with Gasteiger partial charge in [-0.2, -0.15) is 0 Å². The van der Waals surface area contributed by atoms with Crippen molar-refractivity contribution in [2.75, 3.05) is 14.2 Å². The summed E-state index contributed by atoms with van der Waals surface area (Å²) in [6.45, 7) is 2.00. The van der Waals surface area contributed by atoms with Gasteiger partial charge in [0.1, 0.15) is 17.1 Å². The number of methoxy groups -OCH3 is 2. The summed E-state index contributed by atoms with van der Waals surface area (Å²) in [4.78, 5) is 27.9. The molecule has 194 valence electrons. The molecule has 3 aromatic carbocycles. The molecule has 0 heterocycles. The minimum atomic E-state index is -1.71. The van der Waals surface area contributed by atoms with Gasteiger partial charge in [-0.05, 0) is 53.8 Å². The highest BCUT2D eigenvalue weighted by molar-refractivity contribution is 6.03. The van der Waals surface area contributed by atoms with Crippen molar-refractivity contribution in [2.45, 2.75) is 42.8 Å². The van der Waals surface area contributed by atoms with E-state index in [0.29, 0.717) is 5.75 Å². The molecule has 1 fully saturated rings. The maximum absolute atomic E-state index is 14.0. The summed E-state index contributed by atoms with van der Waals surface area (Å²) in [7, 11) is 3.25. The van der Waals surface area contributed by atoms with Gasteiger partial charge in [0.2, 0.25) is 0 Å². The van der Waals surface area contributed by atoms with E-state index in [9.17, 15) is 14.7 Å². The van der Waals surface area contributed by atoms with Crippen molar-refractivity contribution >= 4 is 17.6 Å². The quantitative estimate of drug-likeness (QED) is 0.470. The standard InChI is InChI=1S/C33H32O5/c1-20(37-2)33-24-13-7-5-11-22(24)29(23-12-6-8-14-25(23)33)31-30(33)26(34)18-19-32(31,36)28(35)17-16-21-10-4-9-15-27(21)38-3/h4-17,20,29-31,36H,18-19H2,1-3H3/b17-16+/t20-,29?,30-,31-,32-,33?/m0/s1. The summed E-state index contributed by atoms with van der Waals surface area (Å²) in [6, 6.07) is 23.8. The van der Waals surface area contributed by atoms with E-state index in [1.165, 1.54) is 6.08 Å². The van der Waals surface area contributed by atoms with Gasteiger partial charge in [-0.3, -0.25) is 9.59 Å². The first kappa shape index (κ1) is 24.8. The Balaban J connectivity index is 1.56. The fourth-order valence-electron chi connectivity index (χ4n) is 7.72. The summed E-state index contributed by atoms with van der Waals surface area (Å²) in [5.74, 6) is -1.13. The number of ketones is 2. The van der Waals surface area contributed by atoms with Crippen LogP contribution in [0.1, 0.15) is 53.5 Å². The zero-order valence-electron chi connectivity index (χ0n) is 21.9. The molecule has 0 amide bonds. The molecule has 0 unspecified atom stereocenters. The number of carbonyl (C=O) groups excluding carboxylic acids is 2. The minimum Gasteiger partial charge on any atom is -0.496 e. The molecule has 38 heavy (non-hydrogen) atoms. The van der Waals surface area contributed by atoms with E-state index in [2.05, 4.69) is 24.3 Å². The Kier molecular flexibility index (Phi) is 5.89.